The lowest BCUT2D eigenvalue weighted by Crippen LogP contribution is -2.15. The van der Waals surface area contributed by atoms with Gasteiger partial charge >= 0.3 is 0 Å². The number of rotatable bonds is 22. The van der Waals surface area contributed by atoms with Gasteiger partial charge in [0.25, 0.3) is 0 Å². The normalized spacial score (nSPS) is 19.2. The van der Waals surface area contributed by atoms with E-state index in [1.807, 2.05) is 0 Å². The Hall–Kier alpha value is 0.210. The van der Waals surface area contributed by atoms with Crippen LogP contribution in [0.25, 0.3) is 0 Å². The lowest BCUT2D eigenvalue weighted by atomic mass is 10.0. The average Bonchev–Trinajstić information content (AvgIpc) is 3.18. The molecule has 0 aliphatic carbocycles. The third-order valence-electron chi connectivity index (χ3n) is 6.28. The van der Waals surface area contributed by atoms with Crippen LogP contribution in [-0.2, 0) is 9.47 Å². The summed E-state index contributed by atoms with van der Waals surface area (Å²) in [5, 5.41) is 0. The number of ether oxygens (including phenoxy) is 2. The summed E-state index contributed by atoms with van der Waals surface area (Å²) >= 11 is 5.70. The van der Waals surface area contributed by atoms with Crippen LogP contribution in [0.2, 0.25) is 0 Å². The van der Waals surface area contributed by atoms with E-state index in [0.717, 1.165) is 31.7 Å². The molecule has 0 N–H and O–H groups in total. The first kappa shape index (κ1) is 27.2. The van der Waals surface area contributed by atoms with Gasteiger partial charge in [-0.1, -0.05) is 110 Å². The second-order valence-corrected chi connectivity index (χ2v) is 9.50. The summed E-state index contributed by atoms with van der Waals surface area (Å²) in [6.07, 6.45) is 28.7. The molecule has 3 heteroatoms. The van der Waals surface area contributed by atoms with Crippen molar-refractivity contribution in [2.75, 3.05) is 12.5 Å². The summed E-state index contributed by atoms with van der Waals surface area (Å²) in [5.41, 5.74) is 0. The van der Waals surface area contributed by atoms with Gasteiger partial charge in [0.05, 0.1) is 6.10 Å². The molecule has 0 aromatic rings. The van der Waals surface area contributed by atoms with Gasteiger partial charge in [-0.05, 0) is 25.7 Å². The van der Waals surface area contributed by atoms with E-state index in [9.17, 15) is 0 Å². The minimum atomic E-state index is 0.0691. The van der Waals surface area contributed by atoms with Crippen molar-refractivity contribution in [1.82, 2.24) is 0 Å². The molecule has 0 aromatic heterocycles. The molecule has 2 nitrogen and oxygen atoms in total. The van der Waals surface area contributed by atoms with Crippen LogP contribution < -0.4 is 0 Å². The third-order valence-corrected chi connectivity index (χ3v) is 6.55. The smallest absolute Gasteiger partial charge is 0.158 e. The van der Waals surface area contributed by atoms with Crippen molar-refractivity contribution in [3.05, 3.63) is 0 Å². The molecule has 174 valence electrons. The van der Waals surface area contributed by atoms with Crippen molar-refractivity contribution < 1.29 is 9.47 Å². The standard InChI is InChI=1S/C26H51ClO2/c1-2-3-4-5-6-7-8-9-10-11-12-13-14-17-20-25-21-22-26(29-25)28-24-19-16-15-18-23-27/h25-26H,2-24H2,1H3. The summed E-state index contributed by atoms with van der Waals surface area (Å²) in [6, 6.07) is 0. The first-order valence-electron chi connectivity index (χ1n) is 13.2. The number of hydrogen-bond donors (Lipinski definition) is 0. The molecule has 2 unspecified atom stereocenters. The summed E-state index contributed by atoms with van der Waals surface area (Å²) in [6.45, 7) is 3.14. The molecular formula is C26H51ClO2. The molecule has 1 aliphatic rings. The average molecular weight is 431 g/mol. The Kier molecular flexibility index (Phi) is 20.1. The Balaban J connectivity index is 1.76. The van der Waals surface area contributed by atoms with E-state index in [2.05, 4.69) is 6.92 Å². The predicted molar refractivity (Wildman–Crippen MR) is 128 cm³/mol. The van der Waals surface area contributed by atoms with Gasteiger partial charge in [0.15, 0.2) is 6.29 Å². The molecule has 0 radical (unpaired) electrons. The Morgan fingerprint density at radius 2 is 1.17 bits per heavy atom. The maximum absolute atomic E-state index is 6.06. The molecule has 0 spiro atoms. The molecule has 1 aliphatic heterocycles. The van der Waals surface area contributed by atoms with Gasteiger partial charge in [-0.15, -0.1) is 11.6 Å². The molecule has 0 aromatic carbocycles. The zero-order valence-electron chi connectivity index (χ0n) is 19.6. The van der Waals surface area contributed by atoms with Crippen LogP contribution in [0.1, 0.15) is 142 Å². The highest BCUT2D eigenvalue weighted by molar-refractivity contribution is 6.17. The maximum atomic E-state index is 6.06. The fourth-order valence-corrected chi connectivity index (χ4v) is 4.53. The van der Waals surface area contributed by atoms with Gasteiger partial charge in [-0.2, -0.15) is 0 Å². The Bertz CT molecular complexity index is 324. The summed E-state index contributed by atoms with van der Waals surface area (Å²) < 4.78 is 11.9. The van der Waals surface area contributed by atoms with Gasteiger partial charge < -0.3 is 9.47 Å². The van der Waals surface area contributed by atoms with Crippen LogP contribution in [0.3, 0.4) is 0 Å². The second-order valence-electron chi connectivity index (χ2n) is 9.12. The Morgan fingerprint density at radius 3 is 1.76 bits per heavy atom. The van der Waals surface area contributed by atoms with Gasteiger partial charge in [-0.25, -0.2) is 0 Å². The van der Waals surface area contributed by atoms with Crippen LogP contribution in [0.15, 0.2) is 0 Å². The number of hydrogen-bond acceptors (Lipinski definition) is 2. The summed E-state index contributed by atoms with van der Waals surface area (Å²) in [7, 11) is 0. The fourth-order valence-electron chi connectivity index (χ4n) is 4.34. The number of unbranched alkanes of at least 4 members (excludes halogenated alkanes) is 16. The Labute approximate surface area is 187 Å². The van der Waals surface area contributed by atoms with E-state index in [-0.39, 0.29) is 6.29 Å². The van der Waals surface area contributed by atoms with Crippen LogP contribution in [-0.4, -0.2) is 24.9 Å². The molecule has 0 saturated carbocycles. The monoisotopic (exact) mass is 430 g/mol. The minimum absolute atomic E-state index is 0.0691. The van der Waals surface area contributed by atoms with E-state index < -0.39 is 0 Å². The minimum Gasteiger partial charge on any atom is -0.353 e. The molecule has 0 bridgehead atoms. The molecule has 1 heterocycles. The molecule has 0 amide bonds. The zero-order valence-corrected chi connectivity index (χ0v) is 20.4. The van der Waals surface area contributed by atoms with E-state index >= 15 is 0 Å². The first-order chi connectivity index (χ1) is 14.4. The molecule has 2 atom stereocenters. The van der Waals surface area contributed by atoms with E-state index in [0.29, 0.717) is 6.10 Å². The highest BCUT2D eigenvalue weighted by atomic mass is 35.5. The van der Waals surface area contributed by atoms with Gasteiger partial charge in [0.2, 0.25) is 0 Å². The van der Waals surface area contributed by atoms with Crippen molar-refractivity contribution >= 4 is 11.6 Å². The fraction of sp³-hybridized carbons (Fsp3) is 1.00. The maximum Gasteiger partial charge on any atom is 0.158 e. The molecule has 1 saturated heterocycles. The van der Waals surface area contributed by atoms with Gasteiger partial charge in [-0.3, -0.25) is 0 Å². The van der Waals surface area contributed by atoms with Crippen LogP contribution in [0.4, 0.5) is 0 Å². The van der Waals surface area contributed by atoms with Crippen molar-refractivity contribution in [2.45, 2.75) is 154 Å². The highest BCUT2D eigenvalue weighted by Crippen LogP contribution is 2.25. The lowest BCUT2D eigenvalue weighted by molar-refractivity contribution is -0.135. The number of halogens is 1. The van der Waals surface area contributed by atoms with Crippen LogP contribution in [0.5, 0.6) is 0 Å². The summed E-state index contributed by atoms with van der Waals surface area (Å²) in [5.74, 6) is 0.785. The molecular weight excluding hydrogens is 380 g/mol. The summed E-state index contributed by atoms with van der Waals surface area (Å²) in [4.78, 5) is 0. The molecule has 1 rings (SSSR count). The molecule has 29 heavy (non-hydrogen) atoms. The Morgan fingerprint density at radius 1 is 0.655 bits per heavy atom. The van der Waals surface area contributed by atoms with Crippen molar-refractivity contribution in [3.8, 4) is 0 Å². The largest absolute Gasteiger partial charge is 0.353 e. The zero-order chi connectivity index (χ0) is 20.8. The van der Waals surface area contributed by atoms with E-state index in [1.54, 1.807) is 0 Å². The second kappa shape index (κ2) is 21.4. The van der Waals surface area contributed by atoms with E-state index in [4.69, 9.17) is 21.1 Å². The predicted octanol–water partition coefficient (Wildman–Crippen LogP) is 9.18. The van der Waals surface area contributed by atoms with Gasteiger partial charge in [0, 0.05) is 18.9 Å². The van der Waals surface area contributed by atoms with E-state index in [1.165, 1.54) is 116 Å². The quantitative estimate of drug-likeness (QED) is 0.126. The SMILES string of the molecule is CCCCCCCCCCCCCCCCC1CCC(OCCCCCCCl)O1. The first-order valence-corrected chi connectivity index (χ1v) is 13.7. The molecule has 1 fully saturated rings. The van der Waals surface area contributed by atoms with Crippen molar-refractivity contribution in [1.29, 1.82) is 0 Å². The third kappa shape index (κ3) is 17.6. The van der Waals surface area contributed by atoms with Crippen LogP contribution in [0, 0.1) is 0 Å². The topological polar surface area (TPSA) is 18.5 Å². The van der Waals surface area contributed by atoms with Crippen molar-refractivity contribution in [3.63, 3.8) is 0 Å². The van der Waals surface area contributed by atoms with Gasteiger partial charge in [0.1, 0.15) is 0 Å². The highest BCUT2D eigenvalue weighted by Gasteiger charge is 2.24. The van der Waals surface area contributed by atoms with Crippen LogP contribution >= 0.6 is 11.6 Å². The lowest BCUT2D eigenvalue weighted by Gasteiger charge is -2.14. The van der Waals surface area contributed by atoms with Crippen molar-refractivity contribution in [2.24, 2.45) is 0 Å². The number of alkyl halides is 1.